The summed E-state index contributed by atoms with van der Waals surface area (Å²) in [6.45, 7) is 8.50. The predicted molar refractivity (Wildman–Crippen MR) is 74.0 cm³/mol. The van der Waals surface area contributed by atoms with Crippen molar-refractivity contribution in [1.29, 1.82) is 0 Å². The van der Waals surface area contributed by atoms with Crippen LogP contribution < -0.4 is 5.73 Å². The molecule has 1 aliphatic carbocycles. The second kappa shape index (κ2) is 5.60. The van der Waals surface area contributed by atoms with Gasteiger partial charge >= 0.3 is 0 Å². The van der Waals surface area contributed by atoms with Gasteiger partial charge in [-0.3, -0.25) is 4.79 Å². The van der Waals surface area contributed by atoms with Gasteiger partial charge in [-0.2, -0.15) is 0 Å². The number of carbonyl (C=O) groups is 1. The normalized spacial score (nSPS) is 32.9. The van der Waals surface area contributed by atoms with Crippen LogP contribution in [0, 0.1) is 23.7 Å². The molecule has 2 rings (SSSR count). The summed E-state index contributed by atoms with van der Waals surface area (Å²) < 4.78 is 0. The topological polar surface area (TPSA) is 46.3 Å². The lowest BCUT2D eigenvalue weighted by molar-refractivity contribution is -0.131. The highest BCUT2D eigenvalue weighted by Crippen LogP contribution is 2.37. The minimum Gasteiger partial charge on any atom is -0.342 e. The number of amides is 1. The number of carbonyl (C=O) groups excluding carboxylic acids is 1. The molecule has 4 unspecified atom stereocenters. The fraction of sp³-hybridized carbons (Fsp3) is 0.933. The maximum absolute atomic E-state index is 12.3. The van der Waals surface area contributed by atoms with Gasteiger partial charge in [-0.15, -0.1) is 0 Å². The van der Waals surface area contributed by atoms with E-state index in [0.29, 0.717) is 35.6 Å². The summed E-state index contributed by atoms with van der Waals surface area (Å²) in [5, 5.41) is 0. The largest absolute Gasteiger partial charge is 0.342 e. The van der Waals surface area contributed by atoms with Crippen LogP contribution >= 0.6 is 0 Å². The average Bonchev–Trinajstić information content (AvgIpc) is 2.88. The van der Waals surface area contributed by atoms with E-state index in [1.54, 1.807) is 0 Å². The van der Waals surface area contributed by atoms with Crippen LogP contribution in [0.3, 0.4) is 0 Å². The van der Waals surface area contributed by atoms with Gasteiger partial charge < -0.3 is 10.6 Å². The van der Waals surface area contributed by atoms with E-state index in [2.05, 4.69) is 25.7 Å². The van der Waals surface area contributed by atoms with E-state index in [0.717, 1.165) is 32.4 Å². The van der Waals surface area contributed by atoms with Gasteiger partial charge in [0.2, 0.25) is 5.91 Å². The zero-order valence-corrected chi connectivity index (χ0v) is 12.1. The summed E-state index contributed by atoms with van der Waals surface area (Å²) in [6.07, 6.45) is 4.20. The van der Waals surface area contributed by atoms with Crippen LogP contribution in [0.25, 0.3) is 0 Å². The zero-order valence-electron chi connectivity index (χ0n) is 12.1. The smallest absolute Gasteiger partial charge is 0.222 e. The van der Waals surface area contributed by atoms with Gasteiger partial charge in [0, 0.05) is 25.6 Å². The van der Waals surface area contributed by atoms with E-state index in [9.17, 15) is 4.79 Å². The van der Waals surface area contributed by atoms with Crippen molar-refractivity contribution in [3.8, 4) is 0 Å². The first-order valence-electron chi connectivity index (χ1n) is 7.56. The summed E-state index contributed by atoms with van der Waals surface area (Å²) in [6, 6.07) is 0.333. The van der Waals surface area contributed by atoms with Crippen LogP contribution in [0.2, 0.25) is 0 Å². The minimum atomic E-state index is 0.333. The fourth-order valence-corrected chi connectivity index (χ4v) is 3.72. The first kappa shape index (κ1) is 13.9. The molecule has 1 heterocycles. The second-order valence-corrected chi connectivity index (χ2v) is 6.58. The molecule has 2 N–H and O–H groups in total. The molecular formula is C15H28N2O. The third-order valence-electron chi connectivity index (χ3n) is 5.17. The number of rotatable bonds is 4. The molecule has 0 radical (unpaired) electrons. The molecule has 1 saturated heterocycles. The van der Waals surface area contributed by atoms with Gasteiger partial charge in [-0.05, 0) is 36.5 Å². The van der Waals surface area contributed by atoms with Crippen molar-refractivity contribution >= 4 is 5.91 Å². The number of likely N-dealkylation sites (tertiary alicyclic amines) is 1. The monoisotopic (exact) mass is 252 g/mol. The molecule has 3 nitrogen and oxygen atoms in total. The van der Waals surface area contributed by atoms with Gasteiger partial charge in [0.1, 0.15) is 0 Å². The highest BCUT2D eigenvalue weighted by Gasteiger charge is 2.42. The minimum absolute atomic E-state index is 0.333. The molecule has 0 aromatic heterocycles. The van der Waals surface area contributed by atoms with Crippen molar-refractivity contribution in [3.05, 3.63) is 0 Å². The Morgan fingerprint density at radius 2 is 2.06 bits per heavy atom. The molecule has 2 fully saturated rings. The number of hydrogen-bond acceptors (Lipinski definition) is 2. The van der Waals surface area contributed by atoms with Crippen molar-refractivity contribution in [2.75, 3.05) is 13.1 Å². The fourth-order valence-electron chi connectivity index (χ4n) is 3.72. The molecule has 1 saturated carbocycles. The van der Waals surface area contributed by atoms with Crippen molar-refractivity contribution in [2.45, 2.75) is 52.5 Å². The van der Waals surface area contributed by atoms with Crippen molar-refractivity contribution in [3.63, 3.8) is 0 Å². The second-order valence-electron chi connectivity index (χ2n) is 6.58. The maximum atomic E-state index is 12.3. The molecular weight excluding hydrogens is 224 g/mol. The summed E-state index contributed by atoms with van der Waals surface area (Å²) in [7, 11) is 0. The first-order chi connectivity index (χ1) is 8.52. The van der Waals surface area contributed by atoms with E-state index < -0.39 is 0 Å². The molecule has 2 aliphatic rings. The van der Waals surface area contributed by atoms with Crippen molar-refractivity contribution < 1.29 is 4.79 Å². The highest BCUT2D eigenvalue weighted by molar-refractivity contribution is 5.76. The van der Waals surface area contributed by atoms with Gasteiger partial charge in [0.05, 0.1) is 0 Å². The van der Waals surface area contributed by atoms with E-state index in [-0.39, 0.29) is 0 Å². The third-order valence-corrected chi connectivity index (χ3v) is 5.17. The van der Waals surface area contributed by atoms with Gasteiger partial charge in [-0.25, -0.2) is 0 Å². The standard InChI is InChI=1S/C15H28N2O/c1-4-11(10(2)3)7-15(18)17-8-12-5-6-14(16)13(12)9-17/h10-14H,4-9,16H2,1-3H3. The zero-order chi connectivity index (χ0) is 13.3. The Bertz CT molecular complexity index is 303. The van der Waals surface area contributed by atoms with Crippen LogP contribution in [-0.2, 0) is 4.79 Å². The van der Waals surface area contributed by atoms with Gasteiger partial charge in [-0.1, -0.05) is 27.2 Å². The quantitative estimate of drug-likeness (QED) is 0.834. The van der Waals surface area contributed by atoms with Gasteiger partial charge in [0.25, 0.3) is 0 Å². The number of nitrogens with two attached hydrogens (primary N) is 1. The van der Waals surface area contributed by atoms with Gasteiger partial charge in [0.15, 0.2) is 0 Å². The highest BCUT2D eigenvalue weighted by atomic mass is 16.2. The molecule has 0 bridgehead atoms. The van der Waals surface area contributed by atoms with E-state index in [1.165, 1.54) is 6.42 Å². The number of hydrogen-bond donors (Lipinski definition) is 1. The van der Waals surface area contributed by atoms with E-state index in [1.807, 2.05) is 0 Å². The number of nitrogens with zero attached hydrogens (tertiary/aromatic N) is 1. The Labute approximate surface area is 111 Å². The average molecular weight is 252 g/mol. The summed E-state index contributed by atoms with van der Waals surface area (Å²) >= 11 is 0. The van der Waals surface area contributed by atoms with Crippen LogP contribution in [0.4, 0.5) is 0 Å². The Kier molecular flexibility index (Phi) is 4.31. The lowest BCUT2D eigenvalue weighted by atomic mass is 9.90. The predicted octanol–water partition coefficient (Wildman–Crippen LogP) is 2.25. The van der Waals surface area contributed by atoms with Crippen LogP contribution in [0.5, 0.6) is 0 Å². The maximum Gasteiger partial charge on any atom is 0.222 e. The molecule has 1 aliphatic heterocycles. The molecule has 0 aromatic carbocycles. The van der Waals surface area contributed by atoms with Crippen molar-refractivity contribution in [1.82, 2.24) is 4.90 Å². The molecule has 18 heavy (non-hydrogen) atoms. The van der Waals surface area contributed by atoms with E-state index in [4.69, 9.17) is 5.73 Å². The van der Waals surface area contributed by atoms with Crippen LogP contribution in [-0.4, -0.2) is 29.9 Å². The van der Waals surface area contributed by atoms with Crippen LogP contribution in [0.15, 0.2) is 0 Å². The first-order valence-corrected chi connectivity index (χ1v) is 7.56. The van der Waals surface area contributed by atoms with Crippen LogP contribution in [0.1, 0.15) is 46.5 Å². The number of fused-ring (bicyclic) bond motifs is 1. The molecule has 0 aromatic rings. The Balaban J connectivity index is 1.88. The summed E-state index contributed by atoms with van der Waals surface area (Å²) in [4.78, 5) is 14.4. The Morgan fingerprint density at radius 1 is 1.33 bits per heavy atom. The van der Waals surface area contributed by atoms with E-state index >= 15 is 0 Å². The molecule has 4 atom stereocenters. The summed E-state index contributed by atoms with van der Waals surface area (Å²) in [5.74, 6) is 2.75. The molecule has 1 amide bonds. The molecule has 3 heteroatoms. The lowest BCUT2D eigenvalue weighted by Gasteiger charge is -2.23. The Hall–Kier alpha value is -0.570. The summed E-state index contributed by atoms with van der Waals surface area (Å²) in [5.41, 5.74) is 6.12. The van der Waals surface area contributed by atoms with Crippen molar-refractivity contribution in [2.24, 2.45) is 29.4 Å². The lowest BCUT2D eigenvalue weighted by Crippen LogP contribution is -2.34. The molecule has 104 valence electrons. The Morgan fingerprint density at radius 3 is 2.61 bits per heavy atom. The SMILES string of the molecule is CCC(CC(=O)N1CC2CCC(N)C2C1)C(C)C. The molecule has 0 spiro atoms. The third kappa shape index (κ3) is 2.71.